The lowest BCUT2D eigenvalue weighted by molar-refractivity contribution is 0.204. The third-order valence-corrected chi connectivity index (χ3v) is 28.7. The highest BCUT2D eigenvalue weighted by atomic mass is 32.2. The summed E-state index contributed by atoms with van der Waals surface area (Å²) in [5, 5.41) is 33.1. The molecule has 0 amide bonds. The number of thioether (sulfide) groups is 1. The van der Waals surface area contributed by atoms with Crippen molar-refractivity contribution in [2.24, 2.45) is 4.99 Å². The molecule has 0 radical (unpaired) electrons. The number of nitrogens with one attached hydrogen (secondary N) is 5. The molecule has 12 heteroatoms. The zero-order chi connectivity index (χ0) is 66.7. The second-order valence-electron chi connectivity index (χ2n) is 27.3. The van der Waals surface area contributed by atoms with Crippen molar-refractivity contribution >= 4 is 175 Å². The van der Waals surface area contributed by atoms with Crippen LogP contribution in [-0.4, -0.2) is 17.3 Å². The van der Waals surface area contributed by atoms with Gasteiger partial charge in [-0.15, -0.1) is 68.4 Å². The van der Waals surface area contributed by atoms with E-state index in [-0.39, 0.29) is 36.1 Å². The number of allylic oxidation sites excluding steroid dienone is 1. The Kier molecular flexibility index (Phi) is 14.0. The number of amidine groups is 1. The van der Waals surface area contributed by atoms with Gasteiger partial charge >= 0.3 is 0 Å². The smallest absolute Gasteiger partial charge is 0.131 e. The molecule has 13 aromatic carbocycles. The fourth-order valence-corrected chi connectivity index (χ4v) is 24.0. The van der Waals surface area contributed by atoms with Gasteiger partial charge in [-0.25, -0.2) is 4.99 Å². The monoisotopic (exact) mass is 1420 g/mol. The van der Waals surface area contributed by atoms with Crippen LogP contribution in [0.4, 0.5) is 0 Å². The summed E-state index contributed by atoms with van der Waals surface area (Å²) >= 11 is 11.4. The zero-order valence-corrected chi connectivity index (χ0v) is 59.5. The molecule has 7 unspecified atom stereocenters. The highest BCUT2D eigenvalue weighted by Gasteiger charge is 2.36. The normalized spacial score (nSPS) is 19.8. The predicted octanol–water partition coefficient (Wildman–Crippen LogP) is 24.4. The summed E-state index contributed by atoms with van der Waals surface area (Å²) in [6, 6.07) is 102. The second kappa shape index (κ2) is 23.8. The van der Waals surface area contributed by atoms with E-state index in [2.05, 4.69) is 318 Å². The van der Waals surface area contributed by atoms with Crippen LogP contribution in [0.2, 0.25) is 0 Å². The Labute approximate surface area is 612 Å². The van der Waals surface area contributed by atoms with Gasteiger partial charge in [0, 0.05) is 128 Å². The minimum absolute atomic E-state index is 0.0604. The number of benzene rings is 13. The van der Waals surface area contributed by atoms with E-state index in [1.54, 1.807) is 0 Å². The summed E-state index contributed by atoms with van der Waals surface area (Å²) in [7, 11) is 0. The van der Waals surface area contributed by atoms with Gasteiger partial charge in [-0.2, -0.15) is 0 Å². The molecule has 0 saturated carbocycles. The fraction of sp³-hybridized carbons (Fsp3) is 0.0778. The number of aliphatic imine (C=N–C) groups is 1. The Morgan fingerprint density at radius 1 is 0.304 bits per heavy atom. The number of fused-ring (bicyclic) bond motifs is 18. The Morgan fingerprint density at radius 2 is 0.824 bits per heavy atom. The zero-order valence-electron chi connectivity index (χ0n) is 54.7. The van der Waals surface area contributed by atoms with Gasteiger partial charge < -0.3 is 5.32 Å². The first-order chi connectivity index (χ1) is 50.4. The third kappa shape index (κ3) is 9.88. The van der Waals surface area contributed by atoms with Crippen LogP contribution in [-0.2, 0) is 0 Å². The summed E-state index contributed by atoms with van der Waals surface area (Å²) in [5.41, 5.74) is 16.1. The van der Waals surface area contributed by atoms with E-state index >= 15 is 0 Å². The number of rotatable bonds is 9. The molecule has 0 spiro atoms. The standard InChI is InChI=1S/C90H60N6S6/c1-3-14-49(15-4-1)85-91-87(94-88(92-85)56-32-39-66-63-36-29-53(44-77(63)98-80(66)47-56)58-20-11-22-68-60-18-7-9-26-73(60)100-82(58)68)55-31-38-65-62-35-28-52(43-76(62)97-79(65)46-55)51-34-41-75-72(42-51)70-24-12-21-59(83(70)102-75)54-30-37-64-67-40-33-57(48-81(67)99-78(64)45-54)89-93-86(50-16-5-2-6-17-50)95-90(96-89)71-25-13-23-69-61-19-8-10-27-74(61)101-84(69)71/h1-48,65,79,86-90,93-96H,(H,91,92). The van der Waals surface area contributed by atoms with E-state index in [4.69, 9.17) is 4.99 Å². The molecule has 3 aliphatic heterocycles. The molecule has 5 aromatic heterocycles. The summed E-state index contributed by atoms with van der Waals surface area (Å²) in [6.07, 6.45) is 6.64. The van der Waals surface area contributed by atoms with Gasteiger partial charge in [0.05, 0.1) is 18.5 Å². The third-order valence-electron chi connectivity index (χ3n) is 21.5. The number of thiophene rings is 5. The van der Waals surface area contributed by atoms with Crippen molar-refractivity contribution < 1.29 is 0 Å². The van der Waals surface area contributed by atoms with Crippen LogP contribution >= 0.6 is 68.4 Å². The Balaban J connectivity index is 0.527. The second-order valence-corrected chi connectivity index (χ2v) is 33.9. The van der Waals surface area contributed by atoms with Crippen molar-refractivity contribution in [2.75, 3.05) is 0 Å². The van der Waals surface area contributed by atoms with Gasteiger partial charge in [0.25, 0.3) is 0 Å². The first-order valence-corrected chi connectivity index (χ1v) is 39.8. The summed E-state index contributed by atoms with van der Waals surface area (Å²) in [4.78, 5) is 6.76. The number of hydrogen-bond acceptors (Lipinski definition) is 12. The molecule has 6 nitrogen and oxygen atoms in total. The molecular weight excluding hydrogens is 1360 g/mol. The van der Waals surface area contributed by atoms with E-state index in [1.165, 1.54) is 167 Å². The van der Waals surface area contributed by atoms with Crippen LogP contribution in [0.1, 0.15) is 64.0 Å². The maximum absolute atomic E-state index is 5.41. The maximum Gasteiger partial charge on any atom is 0.131 e. The average molecular weight is 1420 g/mol. The molecule has 7 atom stereocenters. The van der Waals surface area contributed by atoms with Gasteiger partial charge in [0.1, 0.15) is 18.2 Å². The van der Waals surface area contributed by atoms with Crippen molar-refractivity contribution in [2.45, 2.75) is 46.9 Å². The van der Waals surface area contributed by atoms with Crippen LogP contribution < -0.4 is 26.6 Å². The van der Waals surface area contributed by atoms with E-state index in [9.17, 15) is 0 Å². The fourth-order valence-electron chi connectivity index (χ4n) is 16.4. The van der Waals surface area contributed by atoms with Crippen molar-refractivity contribution in [1.29, 1.82) is 0 Å². The Bertz CT molecular complexity index is 6610. The van der Waals surface area contributed by atoms with Crippen LogP contribution in [0, 0.1) is 0 Å². The van der Waals surface area contributed by atoms with Crippen molar-refractivity contribution in [3.63, 3.8) is 0 Å². The molecule has 1 saturated heterocycles. The molecular formula is C90H60N6S6. The van der Waals surface area contributed by atoms with Crippen molar-refractivity contribution in [1.82, 2.24) is 26.6 Å². The topological polar surface area (TPSA) is 72.5 Å². The van der Waals surface area contributed by atoms with E-state index < -0.39 is 0 Å². The highest BCUT2D eigenvalue weighted by molar-refractivity contribution is 8.00. The average Bonchev–Trinajstić information content (AvgIpc) is 1.62. The molecule has 4 aliphatic rings. The molecule has 1 fully saturated rings. The minimum Gasteiger partial charge on any atom is -0.350 e. The van der Waals surface area contributed by atoms with Gasteiger partial charge in [-0.3, -0.25) is 21.3 Å². The van der Waals surface area contributed by atoms with Crippen LogP contribution in [0.5, 0.6) is 0 Å². The molecule has 1 aliphatic carbocycles. The lowest BCUT2D eigenvalue weighted by atomic mass is 9.88. The molecule has 5 N–H and O–H groups in total. The molecule has 18 aromatic rings. The van der Waals surface area contributed by atoms with Crippen molar-refractivity contribution in [3.05, 3.63) is 330 Å². The summed E-state index contributed by atoms with van der Waals surface area (Å²) in [5.74, 6) is 1.19. The first kappa shape index (κ1) is 59.8. The molecule has 486 valence electrons. The van der Waals surface area contributed by atoms with Crippen LogP contribution in [0.3, 0.4) is 0 Å². The molecule has 8 heterocycles. The largest absolute Gasteiger partial charge is 0.350 e. The van der Waals surface area contributed by atoms with Crippen LogP contribution in [0.15, 0.2) is 307 Å². The van der Waals surface area contributed by atoms with Gasteiger partial charge in [0.15, 0.2) is 0 Å². The first-order valence-electron chi connectivity index (χ1n) is 34.8. The highest BCUT2D eigenvalue weighted by Crippen LogP contribution is 2.52. The number of nitrogens with zero attached hydrogens (tertiary/aromatic N) is 1. The van der Waals surface area contributed by atoms with E-state index in [0.717, 1.165) is 17.0 Å². The molecule has 22 rings (SSSR count). The minimum atomic E-state index is -0.257. The quantitative estimate of drug-likeness (QED) is 0.0992. The summed E-state index contributed by atoms with van der Waals surface area (Å²) < 4.78 is 13.1. The van der Waals surface area contributed by atoms with E-state index in [1.807, 2.05) is 68.4 Å². The predicted molar refractivity (Wildman–Crippen MR) is 440 cm³/mol. The Morgan fingerprint density at radius 3 is 1.53 bits per heavy atom. The van der Waals surface area contributed by atoms with E-state index in [0.29, 0.717) is 5.92 Å². The van der Waals surface area contributed by atoms with Crippen LogP contribution in [0.25, 0.3) is 134 Å². The van der Waals surface area contributed by atoms with Crippen molar-refractivity contribution in [3.8, 4) is 33.4 Å². The molecule has 0 bridgehead atoms. The van der Waals surface area contributed by atoms with Gasteiger partial charge in [-0.1, -0.05) is 237 Å². The Hall–Kier alpha value is -9.90. The lowest BCUT2D eigenvalue weighted by Crippen LogP contribution is -2.54. The number of hydrogen-bond donors (Lipinski definition) is 5. The molecule has 102 heavy (non-hydrogen) atoms. The SMILES string of the molecule is C1=CC2c3ccc(-c4ccc5sc6c(-c7ccc8c(c7)sc7cc(C9NC(c%10ccccc%10)NC(c%10cccc%11c%10sc%10ccccc%10%11)N9)ccc78)cccc6c5c4)cc3SC2C=C1C1NC(c2ccccc2)=NC(c2ccc3c(c2)sc2cc(-c4cccc5c4sc4ccccc45)ccc23)N1. The summed E-state index contributed by atoms with van der Waals surface area (Å²) in [6.45, 7) is 0. The van der Waals surface area contributed by atoms with Gasteiger partial charge in [-0.05, 0) is 116 Å². The van der Waals surface area contributed by atoms with Gasteiger partial charge in [0.2, 0.25) is 0 Å². The maximum atomic E-state index is 5.41. The lowest BCUT2D eigenvalue weighted by Gasteiger charge is -2.39.